The number of nitrogens with zero attached hydrogens (tertiary/aromatic N) is 4. The molecule has 2 aromatic rings. The van der Waals surface area contributed by atoms with Gasteiger partial charge in [0.15, 0.2) is 5.78 Å². The number of pyridine rings is 1. The number of carbonyl (C=O) groups is 1. The molecule has 0 saturated heterocycles. The molecule has 82 valence electrons. The van der Waals surface area contributed by atoms with Crippen molar-refractivity contribution in [2.75, 3.05) is 0 Å². The molecule has 2 heterocycles. The summed E-state index contributed by atoms with van der Waals surface area (Å²) in [6.07, 6.45) is 4.13. The number of aryl methyl sites for hydroxylation is 1. The number of Topliss-reactive ketones (excluding diaryl/α,β-unsaturated/α-hetero) is 1. The predicted octanol–water partition coefficient (Wildman–Crippen LogP) is 0.775. The van der Waals surface area contributed by atoms with Gasteiger partial charge in [-0.1, -0.05) is 5.21 Å². The van der Waals surface area contributed by atoms with E-state index in [-0.39, 0.29) is 17.8 Å². The van der Waals surface area contributed by atoms with E-state index in [0.717, 1.165) is 12.3 Å². The summed E-state index contributed by atoms with van der Waals surface area (Å²) in [6.45, 7) is 0. The lowest BCUT2D eigenvalue weighted by Crippen LogP contribution is -2.05. The van der Waals surface area contributed by atoms with Crippen molar-refractivity contribution in [3.63, 3.8) is 0 Å². The number of carbonyl (C=O) groups excluding carboxylic acids is 1. The molecular weight excluding hydrogens is 211 g/mol. The molecule has 2 aromatic heterocycles. The quantitative estimate of drug-likeness (QED) is 0.717. The largest absolute Gasteiger partial charge is 0.294 e. The van der Waals surface area contributed by atoms with Gasteiger partial charge in [-0.3, -0.25) is 14.5 Å². The van der Waals surface area contributed by atoms with Crippen LogP contribution in [0.4, 0.5) is 4.39 Å². The van der Waals surface area contributed by atoms with Gasteiger partial charge in [-0.15, -0.1) is 5.10 Å². The summed E-state index contributed by atoms with van der Waals surface area (Å²) in [5, 5.41) is 7.49. The van der Waals surface area contributed by atoms with Crippen molar-refractivity contribution in [3.8, 4) is 0 Å². The van der Waals surface area contributed by atoms with Gasteiger partial charge < -0.3 is 0 Å². The Morgan fingerprint density at radius 3 is 2.94 bits per heavy atom. The topological polar surface area (TPSA) is 60.7 Å². The third kappa shape index (κ3) is 2.28. The number of ketones is 1. The van der Waals surface area contributed by atoms with Crippen LogP contribution < -0.4 is 0 Å². The molecule has 0 amide bonds. The lowest BCUT2D eigenvalue weighted by atomic mass is 10.1. The molecular formula is C10H9FN4O. The van der Waals surface area contributed by atoms with Gasteiger partial charge in [0.05, 0.1) is 18.3 Å². The van der Waals surface area contributed by atoms with Crippen LogP contribution in [0.1, 0.15) is 16.1 Å². The van der Waals surface area contributed by atoms with Gasteiger partial charge in [0, 0.05) is 25.0 Å². The Morgan fingerprint density at radius 2 is 2.31 bits per heavy atom. The standard InChI is InChI=1S/C10H9FN4O/c1-15-6-9(13-14-15)3-10(16)7-2-8(11)5-12-4-7/h2,4-6H,3H2,1H3. The molecule has 6 heteroatoms. The zero-order valence-electron chi connectivity index (χ0n) is 8.59. The first-order valence-corrected chi connectivity index (χ1v) is 4.64. The Hall–Kier alpha value is -2.11. The van der Waals surface area contributed by atoms with E-state index < -0.39 is 5.82 Å². The summed E-state index contributed by atoms with van der Waals surface area (Å²) >= 11 is 0. The van der Waals surface area contributed by atoms with Gasteiger partial charge in [0.25, 0.3) is 0 Å². The Labute approximate surface area is 90.9 Å². The molecule has 16 heavy (non-hydrogen) atoms. The lowest BCUT2D eigenvalue weighted by Gasteiger charge is -1.97. The van der Waals surface area contributed by atoms with E-state index in [1.54, 1.807) is 13.2 Å². The lowest BCUT2D eigenvalue weighted by molar-refractivity contribution is 0.0991. The fraction of sp³-hybridized carbons (Fsp3) is 0.200. The Bertz CT molecular complexity index is 523. The second-order valence-electron chi connectivity index (χ2n) is 3.38. The van der Waals surface area contributed by atoms with Gasteiger partial charge in [-0.05, 0) is 6.07 Å². The first kappa shape index (κ1) is 10.4. The summed E-state index contributed by atoms with van der Waals surface area (Å²) in [6, 6.07) is 1.16. The van der Waals surface area contributed by atoms with Crippen molar-refractivity contribution in [2.45, 2.75) is 6.42 Å². The molecule has 0 aliphatic carbocycles. The number of aromatic nitrogens is 4. The van der Waals surface area contributed by atoms with E-state index >= 15 is 0 Å². The van der Waals surface area contributed by atoms with Crippen molar-refractivity contribution in [1.82, 2.24) is 20.0 Å². The third-order valence-electron chi connectivity index (χ3n) is 2.02. The molecule has 0 fully saturated rings. The van der Waals surface area contributed by atoms with Gasteiger partial charge in [-0.2, -0.15) is 0 Å². The van der Waals surface area contributed by atoms with Crippen LogP contribution in [0.2, 0.25) is 0 Å². The van der Waals surface area contributed by atoms with Crippen LogP contribution in [-0.2, 0) is 13.5 Å². The van der Waals surface area contributed by atoms with Gasteiger partial charge in [0.1, 0.15) is 5.82 Å². The molecule has 0 aromatic carbocycles. The molecule has 0 aliphatic heterocycles. The molecule has 2 rings (SSSR count). The maximum absolute atomic E-state index is 12.8. The molecule has 0 bridgehead atoms. The molecule has 5 nitrogen and oxygen atoms in total. The van der Waals surface area contributed by atoms with Crippen LogP contribution >= 0.6 is 0 Å². The van der Waals surface area contributed by atoms with E-state index in [1.165, 1.54) is 10.9 Å². The molecule has 0 spiro atoms. The number of hydrogen-bond acceptors (Lipinski definition) is 4. The van der Waals surface area contributed by atoms with Crippen LogP contribution in [0.25, 0.3) is 0 Å². The molecule has 0 N–H and O–H groups in total. The fourth-order valence-corrected chi connectivity index (χ4v) is 1.31. The summed E-state index contributed by atoms with van der Waals surface area (Å²) in [4.78, 5) is 15.3. The second-order valence-corrected chi connectivity index (χ2v) is 3.38. The fourth-order valence-electron chi connectivity index (χ4n) is 1.31. The first-order chi connectivity index (χ1) is 7.65. The highest BCUT2D eigenvalue weighted by Crippen LogP contribution is 2.05. The molecule has 0 saturated carbocycles. The zero-order valence-corrected chi connectivity index (χ0v) is 8.59. The highest BCUT2D eigenvalue weighted by Gasteiger charge is 2.10. The highest BCUT2D eigenvalue weighted by atomic mass is 19.1. The second kappa shape index (κ2) is 4.18. The number of rotatable bonds is 3. The van der Waals surface area contributed by atoms with Crippen LogP contribution in [0.5, 0.6) is 0 Å². The van der Waals surface area contributed by atoms with E-state index in [9.17, 15) is 9.18 Å². The van der Waals surface area contributed by atoms with Crippen molar-refractivity contribution >= 4 is 5.78 Å². The van der Waals surface area contributed by atoms with Crippen LogP contribution in [-0.4, -0.2) is 25.8 Å². The van der Waals surface area contributed by atoms with E-state index in [4.69, 9.17) is 0 Å². The van der Waals surface area contributed by atoms with Gasteiger partial charge in [-0.25, -0.2) is 4.39 Å². The third-order valence-corrected chi connectivity index (χ3v) is 2.02. The van der Waals surface area contributed by atoms with Crippen LogP contribution in [0, 0.1) is 5.82 Å². The summed E-state index contributed by atoms with van der Waals surface area (Å²) in [5.74, 6) is -0.752. The average molecular weight is 220 g/mol. The maximum Gasteiger partial charge on any atom is 0.170 e. The zero-order chi connectivity index (χ0) is 11.5. The normalized spacial score (nSPS) is 10.4. The summed E-state index contributed by atoms with van der Waals surface area (Å²) < 4.78 is 14.3. The maximum atomic E-state index is 12.8. The Morgan fingerprint density at radius 1 is 1.50 bits per heavy atom. The van der Waals surface area contributed by atoms with E-state index in [1.807, 2.05) is 0 Å². The average Bonchev–Trinajstić information content (AvgIpc) is 2.64. The molecule has 0 radical (unpaired) electrons. The van der Waals surface area contributed by atoms with E-state index in [2.05, 4.69) is 15.3 Å². The van der Waals surface area contributed by atoms with Crippen molar-refractivity contribution in [3.05, 3.63) is 41.7 Å². The van der Waals surface area contributed by atoms with Gasteiger partial charge in [0.2, 0.25) is 0 Å². The molecule has 0 atom stereocenters. The van der Waals surface area contributed by atoms with Crippen molar-refractivity contribution in [2.24, 2.45) is 7.05 Å². The number of hydrogen-bond donors (Lipinski definition) is 0. The van der Waals surface area contributed by atoms with Crippen LogP contribution in [0.15, 0.2) is 24.7 Å². The minimum Gasteiger partial charge on any atom is -0.294 e. The minimum absolute atomic E-state index is 0.0962. The summed E-state index contributed by atoms with van der Waals surface area (Å²) in [5.41, 5.74) is 0.794. The Balaban J connectivity index is 2.14. The number of halogens is 1. The van der Waals surface area contributed by atoms with Crippen LogP contribution in [0.3, 0.4) is 0 Å². The van der Waals surface area contributed by atoms with Crippen molar-refractivity contribution in [1.29, 1.82) is 0 Å². The first-order valence-electron chi connectivity index (χ1n) is 4.64. The Kier molecular flexibility index (Phi) is 2.72. The summed E-state index contributed by atoms with van der Waals surface area (Å²) in [7, 11) is 1.71. The van der Waals surface area contributed by atoms with Crippen molar-refractivity contribution < 1.29 is 9.18 Å². The molecule has 0 aliphatic rings. The monoisotopic (exact) mass is 220 g/mol. The molecule has 0 unspecified atom stereocenters. The SMILES string of the molecule is Cn1cc(CC(=O)c2cncc(F)c2)nn1. The smallest absolute Gasteiger partial charge is 0.170 e. The van der Waals surface area contributed by atoms with E-state index in [0.29, 0.717) is 5.69 Å². The highest BCUT2D eigenvalue weighted by molar-refractivity contribution is 5.96. The van der Waals surface area contributed by atoms with Gasteiger partial charge >= 0.3 is 0 Å². The predicted molar refractivity (Wildman–Crippen MR) is 53.2 cm³/mol. The minimum atomic E-state index is -0.523.